The number of piperidine rings is 1. The molecule has 0 amide bonds. The second-order valence-electron chi connectivity index (χ2n) is 6.11. The number of alkyl halides is 2. The first kappa shape index (κ1) is 15.9. The number of carbonyl (C=O) groups excluding carboxylic acids is 1. The van der Waals surface area contributed by atoms with Gasteiger partial charge in [-0.1, -0.05) is 13.8 Å². The molecule has 2 rings (SSSR count). The fraction of sp³-hybridized carbons (Fsp3) is 0.562. The van der Waals surface area contributed by atoms with Gasteiger partial charge in [0.05, 0.1) is 13.1 Å². The molecule has 1 aromatic carbocycles. The number of ether oxygens (including phenoxy) is 1. The third-order valence-corrected chi connectivity index (χ3v) is 3.89. The maximum Gasteiger partial charge on any atom is 0.387 e. The van der Waals surface area contributed by atoms with Gasteiger partial charge in [0.1, 0.15) is 12.3 Å². The summed E-state index contributed by atoms with van der Waals surface area (Å²) in [5, 5.41) is 0. The number of ketones is 1. The number of quaternary nitrogens is 1. The summed E-state index contributed by atoms with van der Waals surface area (Å²) in [5.41, 5.74) is 0.551. The van der Waals surface area contributed by atoms with Crippen LogP contribution in [-0.2, 0) is 0 Å². The second-order valence-corrected chi connectivity index (χ2v) is 6.11. The number of nitrogens with one attached hydrogen (secondary N) is 1. The number of benzene rings is 1. The molecule has 2 atom stereocenters. The minimum absolute atomic E-state index is 0.0508. The van der Waals surface area contributed by atoms with Gasteiger partial charge in [-0.15, -0.1) is 0 Å². The Bertz CT molecular complexity index is 466. The monoisotopic (exact) mass is 298 g/mol. The molecule has 0 bridgehead atoms. The molecule has 1 aliphatic heterocycles. The minimum Gasteiger partial charge on any atom is -0.435 e. The van der Waals surface area contributed by atoms with Crippen LogP contribution in [-0.4, -0.2) is 32.0 Å². The molecule has 0 radical (unpaired) electrons. The highest BCUT2D eigenvalue weighted by atomic mass is 19.3. The quantitative estimate of drug-likeness (QED) is 0.843. The van der Waals surface area contributed by atoms with E-state index in [1.54, 1.807) is 12.1 Å². The molecule has 1 aromatic rings. The number of likely N-dealkylation sites (tertiary alicyclic amines) is 1. The number of hydrogen-bond acceptors (Lipinski definition) is 2. The molecule has 1 saturated heterocycles. The highest BCUT2D eigenvalue weighted by Gasteiger charge is 2.26. The zero-order valence-electron chi connectivity index (χ0n) is 12.4. The molecule has 0 saturated carbocycles. The summed E-state index contributed by atoms with van der Waals surface area (Å²) in [6.07, 6.45) is 1.22. The van der Waals surface area contributed by atoms with Gasteiger partial charge in [-0.2, -0.15) is 8.78 Å². The molecule has 0 aromatic heterocycles. The van der Waals surface area contributed by atoms with E-state index in [0.29, 0.717) is 23.9 Å². The van der Waals surface area contributed by atoms with Crippen molar-refractivity contribution in [1.82, 2.24) is 0 Å². The van der Waals surface area contributed by atoms with Crippen molar-refractivity contribution in [2.24, 2.45) is 11.8 Å². The van der Waals surface area contributed by atoms with Crippen molar-refractivity contribution in [2.75, 3.05) is 19.6 Å². The smallest absolute Gasteiger partial charge is 0.387 e. The zero-order valence-corrected chi connectivity index (χ0v) is 12.4. The van der Waals surface area contributed by atoms with Gasteiger partial charge >= 0.3 is 6.61 Å². The Morgan fingerprint density at radius 3 is 2.33 bits per heavy atom. The van der Waals surface area contributed by atoms with Crippen molar-refractivity contribution in [2.45, 2.75) is 26.9 Å². The van der Waals surface area contributed by atoms with Crippen LogP contribution in [0.1, 0.15) is 30.6 Å². The zero-order chi connectivity index (χ0) is 15.4. The highest BCUT2D eigenvalue weighted by molar-refractivity contribution is 5.96. The number of rotatable bonds is 5. The summed E-state index contributed by atoms with van der Waals surface area (Å²) in [4.78, 5) is 13.6. The Labute approximate surface area is 123 Å². The van der Waals surface area contributed by atoms with Crippen LogP contribution in [0.2, 0.25) is 0 Å². The first-order chi connectivity index (χ1) is 9.94. The Morgan fingerprint density at radius 1 is 1.24 bits per heavy atom. The second kappa shape index (κ2) is 6.98. The number of hydrogen-bond donors (Lipinski definition) is 1. The maximum absolute atomic E-state index is 12.2. The average Bonchev–Trinajstić information content (AvgIpc) is 2.37. The van der Waals surface area contributed by atoms with Crippen LogP contribution >= 0.6 is 0 Å². The van der Waals surface area contributed by atoms with E-state index in [9.17, 15) is 13.6 Å². The standard InChI is InChI=1S/C16H21F2NO2/c1-11-7-12(2)9-19(8-11)10-15(20)13-3-5-14(6-4-13)21-16(17)18/h3-6,11-12,16H,7-10H2,1-2H3/p+1/t11-,12-/m0/s1. The van der Waals surface area contributed by atoms with E-state index in [1.807, 2.05) is 0 Å². The Morgan fingerprint density at radius 2 is 1.81 bits per heavy atom. The van der Waals surface area contributed by atoms with Crippen molar-refractivity contribution in [3.8, 4) is 5.75 Å². The molecule has 5 heteroatoms. The molecule has 116 valence electrons. The van der Waals surface area contributed by atoms with Crippen LogP contribution in [0.25, 0.3) is 0 Å². The van der Waals surface area contributed by atoms with E-state index in [1.165, 1.54) is 23.5 Å². The van der Waals surface area contributed by atoms with Gasteiger partial charge in [-0.25, -0.2) is 0 Å². The van der Waals surface area contributed by atoms with Crippen LogP contribution in [0.5, 0.6) is 5.75 Å². The molecular weight excluding hydrogens is 276 g/mol. The summed E-state index contributed by atoms with van der Waals surface area (Å²) in [6.45, 7) is 4.09. The summed E-state index contributed by atoms with van der Waals surface area (Å²) in [7, 11) is 0. The summed E-state index contributed by atoms with van der Waals surface area (Å²) in [6, 6.07) is 5.93. The van der Waals surface area contributed by atoms with E-state index in [-0.39, 0.29) is 11.5 Å². The fourth-order valence-electron chi connectivity index (χ4n) is 3.22. The van der Waals surface area contributed by atoms with Gasteiger partial charge < -0.3 is 9.64 Å². The van der Waals surface area contributed by atoms with Gasteiger partial charge in [0.25, 0.3) is 0 Å². The van der Waals surface area contributed by atoms with Gasteiger partial charge in [0.15, 0.2) is 0 Å². The van der Waals surface area contributed by atoms with Crippen LogP contribution < -0.4 is 9.64 Å². The average molecular weight is 298 g/mol. The molecule has 1 heterocycles. The van der Waals surface area contributed by atoms with Gasteiger partial charge in [0.2, 0.25) is 5.78 Å². The van der Waals surface area contributed by atoms with Gasteiger partial charge in [0, 0.05) is 17.4 Å². The fourth-order valence-corrected chi connectivity index (χ4v) is 3.22. The van der Waals surface area contributed by atoms with Crippen LogP contribution in [0, 0.1) is 11.8 Å². The van der Waals surface area contributed by atoms with Crippen LogP contribution in [0.15, 0.2) is 24.3 Å². The predicted molar refractivity (Wildman–Crippen MR) is 75.9 cm³/mol. The maximum atomic E-state index is 12.2. The van der Waals surface area contributed by atoms with Crippen LogP contribution in [0.3, 0.4) is 0 Å². The van der Waals surface area contributed by atoms with E-state index in [4.69, 9.17) is 0 Å². The first-order valence-electron chi connectivity index (χ1n) is 7.35. The van der Waals surface area contributed by atoms with Crippen molar-refractivity contribution >= 4 is 5.78 Å². The lowest BCUT2D eigenvalue weighted by Crippen LogP contribution is -3.15. The van der Waals surface area contributed by atoms with E-state index >= 15 is 0 Å². The normalized spacial score (nSPS) is 25.9. The van der Waals surface area contributed by atoms with Gasteiger partial charge in [-0.3, -0.25) is 4.79 Å². The number of carbonyl (C=O) groups is 1. The van der Waals surface area contributed by atoms with Crippen LogP contribution in [0.4, 0.5) is 8.78 Å². The Kier molecular flexibility index (Phi) is 5.28. The lowest BCUT2D eigenvalue weighted by atomic mass is 9.91. The number of halogens is 2. The summed E-state index contributed by atoms with van der Waals surface area (Å²) >= 11 is 0. The number of Topliss-reactive ketones (excluding diaryl/α,β-unsaturated/α-hetero) is 1. The third-order valence-electron chi connectivity index (χ3n) is 3.89. The summed E-state index contributed by atoms with van der Waals surface area (Å²) < 4.78 is 28.4. The molecule has 1 N–H and O–H groups in total. The van der Waals surface area contributed by atoms with Crippen molar-refractivity contribution in [3.05, 3.63) is 29.8 Å². The molecule has 1 aliphatic rings. The topological polar surface area (TPSA) is 30.7 Å². The molecule has 1 fully saturated rings. The van der Waals surface area contributed by atoms with E-state index < -0.39 is 6.61 Å². The largest absolute Gasteiger partial charge is 0.435 e. The summed E-state index contributed by atoms with van der Waals surface area (Å²) in [5.74, 6) is 1.40. The van der Waals surface area contributed by atoms with Crippen molar-refractivity contribution < 1.29 is 23.2 Å². The van der Waals surface area contributed by atoms with Crippen molar-refractivity contribution in [3.63, 3.8) is 0 Å². The van der Waals surface area contributed by atoms with E-state index in [2.05, 4.69) is 18.6 Å². The minimum atomic E-state index is -2.84. The van der Waals surface area contributed by atoms with Crippen molar-refractivity contribution in [1.29, 1.82) is 0 Å². The van der Waals surface area contributed by atoms with E-state index in [0.717, 1.165) is 13.1 Å². The molecule has 0 aliphatic carbocycles. The Hall–Kier alpha value is -1.49. The molecule has 21 heavy (non-hydrogen) atoms. The highest BCUT2D eigenvalue weighted by Crippen LogP contribution is 2.15. The SMILES string of the molecule is C[C@H]1C[C@H](C)C[NH+](CC(=O)c2ccc(OC(F)F)cc2)C1. The molecule has 3 nitrogen and oxygen atoms in total. The first-order valence-corrected chi connectivity index (χ1v) is 7.35. The molecule has 0 spiro atoms. The lowest BCUT2D eigenvalue weighted by Gasteiger charge is -2.31. The lowest BCUT2D eigenvalue weighted by molar-refractivity contribution is -0.903. The predicted octanol–water partition coefficient (Wildman–Crippen LogP) is 2.03. The Balaban J connectivity index is 1.93. The third kappa shape index (κ3) is 4.77. The molecular formula is C16H22F2NO2+. The molecule has 0 unspecified atom stereocenters. The van der Waals surface area contributed by atoms with Gasteiger partial charge in [-0.05, 0) is 30.7 Å².